The lowest BCUT2D eigenvalue weighted by Crippen LogP contribution is -2.48. The largest absolute Gasteiger partial charge is 0.484 e. The van der Waals surface area contributed by atoms with E-state index in [2.05, 4.69) is 20.0 Å². The number of pyridine rings is 1. The maximum absolute atomic E-state index is 13.6. The number of halogens is 1. The maximum atomic E-state index is 13.6. The van der Waals surface area contributed by atoms with Gasteiger partial charge in [0.25, 0.3) is 11.5 Å². The first kappa shape index (κ1) is 23.1. The number of aliphatic imine (C=N–C) groups is 1. The third-order valence-electron chi connectivity index (χ3n) is 5.61. The van der Waals surface area contributed by atoms with Gasteiger partial charge in [-0.15, -0.1) is 0 Å². The number of piperazine rings is 1. The summed E-state index contributed by atoms with van der Waals surface area (Å²) in [5, 5.41) is 4.17. The first-order valence-electron chi connectivity index (χ1n) is 10.8. The number of hydrazone groups is 1. The van der Waals surface area contributed by atoms with E-state index in [4.69, 9.17) is 10.6 Å². The van der Waals surface area contributed by atoms with Crippen LogP contribution in [0.4, 0.5) is 10.1 Å². The third kappa shape index (κ3) is 5.46. The van der Waals surface area contributed by atoms with Gasteiger partial charge in [-0.25, -0.2) is 4.39 Å². The number of nitrogens with two attached hydrogens (primary N) is 1. The molecular weight excluding hydrogens is 439 g/mol. The minimum absolute atomic E-state index is 0.0261. The van der Waals surface area contributed by atoms with Crippen molar-refractivity contribution >= 4 is 34.4 Å². The number of ether oxygens (including phenoxy) is 1. The standard InChI is InChI=1S/C24H25FN6O3/c1-30-8-10-31(11-9-30)23(32)15-34-19-5-3-18(4-6-19)27-14-22(29-26)20-13-16-12-17(25)2-7-21(16)28-24(20)33/h2-7,12-14H,8-11,15,26H2,1H3,(H,28,33). The van der Waals surface area contributed by atoms with E-state index in [1.54, 1.807) is 29.2 Å². The van der Waals surface area contributed by atoms with Gasteiger partial charge in [-0.05, 0) is 55.6 Å². The van der Waals surface area contributed by atoms with Gasteiger partial charge in [0, 0.05) is 37.1 Å². The van der Waals surface area contributed by atoms with E-state index >= 15 is 0 Å². The van der Waals surface area contributed by atoms with Crippen molar-refractivity contribution in [1.29, 1.82) is 0 Å². The molecule has 1 aliphatic rings. The van der Waals surface area contributed by atoms with Gasteiger partial charge in [0.05, 0.1) is 17.5 Å². The van der Waals surface area contributed by atoms with Crippen molar-refractivity contribution in [3.05, 3.63) is 70.3 Å². The molecule has 2 heterocycles. The molecule has 1 saturated heterocycles. The predicted molar refractivity (Wildman–Crippen MR) is 129 cm³/mol. The van der Waals surface area contributed by atoms with Crippen LogP contribution in [0.5, 0.6) is 5.75 Å². The van der Waals surface area contributed by atoms with Crippen LogP contribution in [-0.2, 0) is 4.79 Å². The minimum Gasteiger partial charge on any atom is -0.484 e. The van der Waals surface area contributed by atoms with Crippen molar-refractivity contribution in [3.63, 3.8) is 0 Å². The summed E-state index contributed by atoms with van der Waals surface area (Å²) in [7, 11) is 2.03. The van der Waals surface area contributed by atoms with Crippen LogP contribution in [-0.4, -0.2) is 72.5 Å². The quantitative estimate of drug-likeness (QED) is 0.328. The Balaban J connectivity index is 1.40. The number of nitrogens with one attached hydrogen (secondary N) is 1. The van der Waals surface area contributed by atoms with Crippen molar-refractivity contribution in [2.75, 3.05) is 39.8 Å². The topological polar surface area (TPSA) is 116 Å². The highest BCUT2D eigenvalue weighted by Crippen LogP contribution is 2.18. The highest BCUT2D eigenvalue weighted by molar-refractivity contribution is 6.38. The Morgan fingerprint density at radius 3 is 2.59 bits per heavy atom. The maximum Gasteiger partial charge on any atom is 0.260 e. The molecule has 1 aromatic heterocycles. The van der Waals surface area contributed by atoms with E-state index in [1.807, 2.05) is 7.05 Å². The van der Waals surface area contributed by atoms with Crippen molar-refractivity contribution < 1.29 is 13.9 Å². The number of rotatable bonds is 6. The fourth-order valence-corrected chi connectivity index (χ4v) is 3.60. The fraction of sp³-hybridized carbons (Fsp3) is 0.250. The second-order valence-corrected chi connectivity index (χ2v) is 7.98. The molecule has 0 aliphatic carbocycles. The molecule has 34 heavy (non-hydrogen) atoms. The normalized spacial score (nSPS) is 15.2. The number of benzene rings is 2. The highest BCUT2D eigenvalue weighted by atomic mass is 19.1. The molecule has 176 valence electrons. The number of carbonyl (C=O) groups excluding carboxylic acids is 1. The van der Waals surface area contributed by atoms with Gasteiger partial charge < -0.3 is 25.4 Å². The van der Waals surface area contributed by atoms with Gasteiger partial charge in [-0.3, -0.25) is 14.6 Å². The van der Waals surface area contributed by atoms with Gasteiger partial charge in [-0.2, -0.15) is 5.10 Å². The van der Waals surface area contributed by atoms with E-state index in [0.29, 0.717) is 35.4 Å². The zero-order valence-corrected chi connectivity index (χ0v) is 18.7. The van der Waals surface area contributed by atoms with Gasteiger partial charge >= 0.3 is 0 Å². The molecule has 1 fully saturated rings. The second kappa shape index (κ2) is 10.3. The second-order valence-electron chi connectivity index (χ2n) is 7.98. The number of hydrogen-bond acceptors (Lipinski definition) is 7. The van der Waals surface area contributed by atoms with Crippen molar-refractivity contribution in [2.45, 2.75) is 0 Å². The van der Waals surface area contributed by atoms with Crippen molar-refractivity contribution in [1.82, 2.24) is 14.8 Å². The number of aromatic amines is 1. The summed E-state index contributed by atoms with van der Waals surface area (Å²) in [6.45, 7) is 3.09. The zero-order chi connectivity index (χ0) is 24.1. The molecule has 3 aromatic rings. The average molecular weight is 465 g/mol. The lowest BCUT2D eigenvalue weighted by atomic mass is 10.1. The van der Waals surface area contributed by atoms with Gasteiger partial charge in [0.2, 0.25) is 0 Å². The first-order valence-corrected chi connectivity index (χ1v) is 10.8. The summed E-state index contributed by atoms with van der Waals surface area (Å²) < 4.78 is 19.2. The summed E-state index contributed by atoms with van der Waals surface area (Å²) in [6.07, 6.45) is 1.36. The molecule has 0 saturated carbocycles. The first-order chi connectivity index (χ1) is 16.4. The fourth-order valence-electron chi connectivity index (χ4n) is 3.60. The van der Waals surface area contributed by atoms with E-state index in [0.717, 1.165) is 13.1 Å². The average Bonchev–Trinajstić information content (AvgIpc) is 2.84. The Labute approximate surface area is 195 Å². The van der Waals surface area contributed by atoms with Crippen LogP contribution in [0.3, 0.4) is 0 Å². The molecule has 0 radical (unpaired) electrons. The number of H-pyrrole nitrogens is 1. The molecule has 1 aliphatic heterocycles. The molecule has 0 atom stereocenters. The lowest BCUT2D eigenvalue weighted by Gasteiger charge is -2.32. The van der Waals surface area contributed by atoms with Crippen LogP contribution in [0.1, 0.15) is 5.56 Å². The number of amides is 1. The highest BCUT2D eigenvalue weighted by Gasteiger charge is 2.19. The Morgan fingerprint density at radius 1 is 1.15 bits per heavy atom. The van der Waals surface area contributed by atoms with Gasteiger partial charge in [-0.1, -0.05) is 0 Å². The van der Waals surface area contributed by atoms with Crippen LogP contribution in [0.25, 0.3) is 10.9 Å². The third-order valence-corrected chi connectivity index (χ3v) is 5.61. The number of fused-ring (bicyclic) bond motifs is 1. The molecule has 9 nitrogen and oxygen atoms in total. The summed E-state index contributed by atoms with van der Waals surface area (Å²) in [5.74, 6) is 5.57. The number of carbonyl (C=O) groups is 1. The molecule has 3 N–H and O–H groups in total. The molecule has 10 heteroatoms. The van der Waals surface area contributed by atoms with Crippen LogP contribution in [0, 0.1) is 5.82 Å². The smallest absolute Gasteiger partial charge is 0.260 e. The number of aromatic nitrogens is 1. The van der Waals surface area contributed by atoms with Crippen molar-refractivity contribution in [3.8, 4) is 5.75 Å². The van der Waals surface area contributed by atoms with Crippen molar-refractivity contribution in [2.24, 2.45) is 15.9 Å². The zero-order valence-electron chi connectivity index (χ0n) is 18.7. The Hall–Kier alpha value is -4.05. The molecule has 0 bridgehead atoms. The lowest BCUT2D eigenvalue weighted by molar-refractivity contribution is -0.134. The monoisotopic (exact) mass is 464 g/mol. The van der Waals surface area contributed by atoms with Crippen LogP contribution in [0.2, 0.25) is 0 Å². The molecule has 0 unspecified atom stereocenters. The SMILES string of the molecule is CN1CCN(C(=O)COc2ccc(N=CC(=NN)c3cc4cc(F)ccc4[nH]c3=O)cc2)CC1. The summed E-state index contributed by atoms with van der Waals surface area (Å²) >= 11 is 0. The van der Waals surface area contributed by atoms with E-state index in [9.17, 15) is 14.0 Å². The predicted octanol–water partition coefficient (Wildman–Crippen LogP) is 1.89. The van der Waals surface area contributed by atoms with Crippen LogP contribution in [0.15, 0.2) is 63.4 Å². The van der Waals surface area contributed by atoms with Gasteiger partial charge in [0.15, 0.2) is 6.61 Å². The summed E-state index contributed by atoms with van der Waals surface area (Å²) in [4.78, 5) is 35.7. The van der Waals surface area contributed by atoms with Gasteiger partial charge in [0.1, 0.15) is 17.3 Å². The Kier molecular flexibility index (Phi) is 6.98. The number of hydrogen-bond donors (Lipinski definition) is 2. The molecular formula is C24H25FN6O3. The number of nitrogens with zero attached hydrogens (tertiary/aromatic N) is 4. The minimum atomic E-state index is -0.419. The molecule has 4 rings (SSSR count). The van der Waals surface area contributed by atoms with E-state index < -0.39 is 11.4 Å². The molecule has 2 aromatic carbocycles. The van der Waals surface area contributed by atoms with Crippen LogP contribution < -0.4 is 16.1 Å². The van der Waals surface area contributed by atoms with E-state index in [-0.39, 0.29) is 23.8 Å². The Morgan fingerprint density at radius 2 is 1.88 bits per heavy atom. The molecule has 1 amide bonds. The van der Waals surface area contributed by atoms with E-state index in [1.165, 1.54) is 30.5 Å². The number of likely N-dealkylation sites (N-methyl/N-ethyl adjacent to an activating group) is 1. The summed E-state index contributed by atoms with van der Waals surface area (Å²) in [6, 6.07) is 12.4. The molecule has 0 spiro atoms. The van der Waals surface area contributed by atoms with Crippen LogP contribution >= 0.6 is 0 Å². The Bertz CT molecular complexity index is 1290. The summed E-state index contributed by atoms with van der Waals surface area (Å²) in [5.41, 5.74) is 0.980.